The lowest BCUT2D eigenvalue weighted by atomic mass is 10.0. The molecule has 4 heterocycles. The third-order valence-electron chi connectivity index (χ3n) is 4.63. The highest BCUT2D eigenvalue weighted by Gasteiger charge is 2.17. The average Bonchev–Trinajstić information content (AvgIpc) is 3.22. The molecular formula is C23H14N2O6. The van der Waals surface area contributed by atoms with Gasteiger partial charge in [0.05, 0.1) is 6.26 Å². The van der Waals surface area contributed by atoms with Gasteiger partial charge in [0.25, 0.3) is 0 Å². The predicted molar refractivity (Wildman–Crippen MR) is 111 cm³/mol. The maximum absolute atomic E-state index is 12.2. The zero-order valence-corrected chi connectivity index (χ0v) is 15.9. The summed E-state index contributed by atoms with van der Waals surface area (Å²) in [7, 11) is 0. The van der Waals surface area contributed by atoms with Crippen LogP contribution >= 0.6 is 0 Å². The van der Waals surface area contributed by atoms with Gasteiger partial charge in [-0.15, -0.1) is 0 Å². The number of aromatic carboxylic acids is 1. The Morgan fingerprint density at radius 2 is 1.90 bits per heavy atom. The number of ether oxygens (including phenoxy) is 2. The van der Waals surface area contributed by atoms with Crippen LogP contribution in [0.1, 0.15) is 10.6 Å². The Hall–Kier alpha value is -4.59. The number of rotatable bonds is 1. The zero-order chi connectivity index (χ0) is 21.2. The number of carbonyl (C=O) groups is 1. The number of furan rings is 1. The normalized spacial score (nSPS) is 12.6. The third-order valence-corrected chi connectivity index (χ3v) is 4.63. The second kappa shape index (κ2) is 7.68. The van der Waals surface area contributed by atoms with Gasteiger partial charge in [-0.2, -0.15) is 0 Å². The minimum atomic E-state index is -1.25. The maximum atomic E-state index is 12.2. The summed E-state index contributed by atoms with van der Waals surface area (Å²) in [6.07, 6.45) is 10.5. The molecule has 31 heavy (non-hydrogen) atoms. The van der Waals surface area contributed by atoms with Crippen molar-refractivity contribution in [1.29, 1.82) is 0 Å². The van der Waals surface area contributed by atoms with Crippen molar-refractivity contribution in [3.8, 4) is 16.9 Å². The van der Waals surface area contributed by atoms with Gasteiger partial charge in [-0.05, 0) is 35.1 Å². The first kappa shape index (κ1) is 18.4. The van der Waals surface area contributed by atoms with Gasteiger partial charge in [-0.3, -0.25) is 0 Å². The van der Waals surface area contributed by atoms with Crippen LogP contribution in [0, 0.1) is 0 Å². The van der Waals surface area contributed by atoms with E-state index in [-0.39, 0.29) is 17.2 Å². The molecular weight excluding hydrogens is 400 g/mol. The lowest BCUT2D eigenvalue weighted by Crippen LogP contribution is -1.99. The molecule has 0 unspecified atom stereocenters. The van der Waals surface area contributed by atoms with Crippen LogP contribution in [0.2, 0.25) is 0 Å². The number of benzene rings is 1. The number of aromatic nitrogens is 2. The van der Waals surface area contributed by atoms with Crippen LogP contribution in [0.4, 0.5) is 0 Å². The summed E-state index contributed by atoms with van der Waals surface area (Å²) < 4.78 is 22.2. The van der Waals surface area contributed by atoms with E-state index in [1.165, 1.54) is 31.4 Å². The van der Waals surface area contributed by atoms with E-state index in [4.69, 9.17) is 18.3 Å². The van der Waals surface area contributed by atoms with Gasteiger partial charge in [0.15, 0.2) is 0 Å². The SMILES string of the molecule is O=C(O)c1oc2ncnc3occ(c4ccc1-c1cccc(c1)OC=COC=CC=4)c32. The van der Waals surface area contributed by atoms with E-state index in [0.717, 1.165) is 5.22 Å². The van der Waals surface area contributed by atoms with Crippen molar-refractivity contribution in [2.24, 2.45) is 0 Å². The Labute approximate surface area is 174 Å². The Morgan fingerprint density at radius 1 is 1.00 bits per heavy atom. The van der Waals surface area contributed by atoms with Gasteiger partial charge in [-0.1, -0.05) is 24.3 Å². The van der Waals surface area contributed by atoms with Gasteiger partial charge >= 0.3 is 5.97 Å². The molecule has 152 valence electrons. The van der Waals surface area contributed by atoms with Gasteiger partial charge in [0, 0.05) is 10.9 Å². The fraction of sp³-hybridized carbons (Fsp3) is 0. The molecule has 0 saturated heterocycles. The molecule has 0 aliphatic carbocycles. The highest BCUT2D eigenvalue weighted by Crippen LogP contribution is 2.29. The molecule has 1 aromatic carbocycles. The fourth-order valence-electron chi connectivity index (χ4n) is 3.27. The minimum absolute atomic E-state index is 0.0804. The maximum Gasteiger partial charge on any atom is 0.372 e. The number of nitrogens with zero attached hydrogens (tertiary/aromatic N) is 2. The molecule has 0 saturated carbocycles. The van der Waals surface area contributed by atoms with E-state index in [9.17, 15) is 9.90 Å². The zero-order valence-electron chi connectivity index (χ0n) is 15.9. The number of allylic oxidation sites excluding steroid dienone is 1. The van der Waals surface area contributed by atoms with E-state index in [1.807, 2.05) is 0 Å². The van der Waals surface area contributed by atoms with Crippen LogP contribution in [-0.4, -0.2) is 21.0 Å². The van der Waals surface area contributed by atoms with Crippen LogP contribution in [0.3, 0.4) is 0 Å². The molecule has 0 amide bonds. The Balaban J connectivity index is 2.00. The highest BCUT2D eigenvalue weighted by atomic mass is 16.5. The molecule has 8 heteroatoms. The van der Waals surface area contributed by atoms with E-state index in [1.54, 1.807) is 48.6 Å². The smallest absolute Gasteiger partial charge is 0.372 e. The summed E-state index contributed by atoms with van der Waals surface area (Å²) in [5.74, 6) is -1.03. The molecule has 3 aromatic heterocycles. The van der Waals surface area contributed by atoms with Gasteiger partial charge in [-0.25, -0.2) is 14.8 Å². The summed E-state index contributed by atoms with van der Waals surface area (Å²) in [4.78, 5) is 20.5. The summed E-state index contributed by atoms with van der Waals surface area (Å²) in [5, 5.41) is 11.8. The molecule has 0 radical (unpaired) electrons. The van der Waals surface area contributed by atoms with E-state index >= 15 is 0 Å². The second-order valence-electron chi connectivity index (χ2n) is 6.50. The van der Waals surface area contributed by atoms with E-state index in [0.29, 0.717) is 27.6 Å². The molecule has 0 atom stereocenters. The standard InChI is InChI=1S/C23H14N2O6/c26-23(27)20-17-7-6-14(18-12-30-21-19(18)22(31-20)25-13-24-21)4-2-8-28-9-10-29-16-5-1-3-15(17)11-16/h1-13H,(H,26,27). The molecule has 0 fully saturated rings. The monoisotopic (exact) mass is 414 g/mol. The number of hydrogen-bond acceptors (Lipinski definition) is 7. The van der Waals surface area contributed by atoms with Crippen molar-refractivity contribution in [2.75, 3.05) is 0 Å². The van der Waals surface area contributed by atoms with Crippen LogP contribution in [0.25, 0.3) is 39.4 Å². The Bertz CT molecular complexity index is 1480. The van der Waals surface area contributed by atoms with Crippen LogP contribution in [-0.2, 0) is 4.74 Å². The number of hydrogen-bond donors (Lipinski definition) is 1. The second-order valence-corrected chi connectivity index (χ2v) is 6.50. The molecule has 4 aromatic rings. The van der Waals surface area contributed by atoms with E-state index in [2.05, 4.69) is 9.97 Å². The van der Waals surface area contributed by atoms with E-state index < -0.39 is 5.97 Å². The minimum Gasteiger partial charge on any atom is -0.475 e. The summed E-state index contributed by atoms with van der Waals surface area (Å²) >= 11 is 0. The first-order valence-corrected chi connectivity index (χ1v) is 9.21. The topological polar surface area (TPSA) is 108 Å². The third kappa shape index (κ3) is 3.46. The Kier molecular flexibility index (Phi) is 4.57. The number of carboxylic acids is 1. The van der Waals surface area contributed by atoms with Crippen molar-refractivity contribution in [2.45, 2.75) is 0 Å². The van der Waals surface area contributed by atoms with Crippen molar-refractivity contribution in [1.82, 2.24) is 9.97 Å². The van der Waals surface area contributed by atoms with Crippen molar-refractivity contribution in [3.63, 3.8) is 0 Å². The van der Waals surface area contributed by atoms with Gasteiger partial charge < -0.3 is 23.4 Å². The molecule has 1 N–H and O–H groups in total. The first-order chi connectivity index (χ1) is 15.2. The molecule has 1 aliphatic heterocycles. The number of carboxylic acid groups (broad SMARTS) is 1. The quantitative estimate of drug-likeness (QED) is 0.490. The van der Waals surface area contributed by atoms with Crippen molar-refractivity contribution >= 4 is 34.2 Å². The molecule has 5 rings (SSSR count). The Morgan fingerprint density at radius 3 is 2.81 bits per heavy atom. The van der Waals surface area contributed by atoms with Gasteiger partial charge in [0.1, 0.15) is 36.3 Å². The first-order valence-electron chi connectivity index (χ1n) is 9.21. The molecule has 4 bridgehead atoms. The average molecular weight is 414 g/mol. The largest absolute Gasteiger partial charge is 0.475 e. The number of fused-ring (bicyclic) bond motifs is 7. The lowest BCUT2D eigenvalue weighted by Gasteiger charge is -2.06. The fourth-order valence-corrected chi connectivity index (χ4v) is 3.27. The summed E-state index contributed by atoms with van der Waals surface area (Å²) in [6.45, 7) is 0. The van der Waals surface area contributed by atoms with Gasteiger partial charge in [0.2, 0.25) is 17.2 Å². The highest BCUT2D eigenvalue weighted by molar-refractivity contribution is 6.03. The van der Waals surface area contributed by atoms with Crippen molar-refractivity contribution in [3.05, 3.63) is 84.8 Å². The van der Waals surface area contributed by atoms with Crippen molar-refractivity contribution < 1.29 is 28.2 Å². The predicted octanol–water partition coefficient (Wildman–Crippen LogP) is 4.35. The molecule has 8 nitrogen and oxygen atoms in total. The summed E-state index contributed by atoms with van der Waals surface area (Å²) in [6, 6.07) is 10.4. The summed E-state index contributed by atoms with van der Waals surface area (Å²) in [5.41, 5.74) is 1.30. The van der Waals surface area contributed by atoms with Crippen LogP contribution < -0.4 is 9.96 Å². The lowest BCUT2D eigenvalue weighted by molar-refractivity contribution is 0.0664. The molecule has 1 aliphatic rings. The van der Waals surface area contributed by atoms with Crippen LogP contribution in [0.5, 0.6) is 5.75 Å². The molecule has 0 spiro atoms. The van der Waals surface area contributed by atoms with Crippen LogP contribution in [0.15, 0.2) is 82.7 Å².